The molecular weight excluding hydrogens is 488 g/mol. The first-order valence-electron chi connectivity index (χ1n) is 11.9. The van der Waals surface area contributed by atoms with Crippen molar-refractivity contribution in [2.45, 2.75) is 20.3 Å². The lowest BCUT2D eigenvalue weighted by molar-refractivity contribution is 0.0990. The van der Waals surface area contributed by atoms with Crippen LogP contribution in [0.2, 0.25) is 0 Å². The molecule has 0 N–H and O–H groups in total. The first-order chi connectivity index (χ1) is 18.2. The van der Waals surface area contributed by atoms with Gasteiger partial charge in [-0.3, -0.25) is 19.6 Å². The summed E-state index contributed by atoms with van der Waals surface area (Å²) in [6.07, 6.45) is 4.68. The monoisotopic (exact) mass is 511 g/mol. The molecule has 3 aromatic heterocycles. The number of fused-ring (bicyclic) bond motifs is 1. The lowest BCUT2D eigenvalue weighted by atomic mass is 9.97. The van der Waals surface area contributed by atoms with Crippen LogP contribution in [0.15, 0.2) is 78.0 Å². The molecule has 5 rings (SSSR count). The standard InChI is InChI=1S/C30H23F2N3O3/c1-17-12-24-29(34-15-17)27(10-11-33-24)38-26-9-4-19(13-23(26)32)14-25(36)28-18(2)35(3)16-22(30(28)37)20-5-7-21(31)8-6-20/h4-13,15-16H,14H2,1-3H3. The van der Waals surface area contributed by atoms with Gasteiger partial charge in [0, 0.05) is 49.4 Å². The van der Waals surface area contributed by atoms with Crippen LogP contribution in [0.25, 0.3) is 22.2 Å². The number of aromatic nitrogens is 3. The summed E-state index contributed by atoms with van der Waals surface area (Å²) in [4.78, 5) is 35.2. The Balaban J connectivity index is 1.42. The molecule has 3 heterocycles. The first kappa shape index (κ1) is 25.0. The van der Waals surface area contributed by atoms with Crippen molar-refractivity contribution in [2.75, 3.05) is 0 Å². The molecule has 0 aliphatic heterocycles. The van der Waals surface area contributed by atoms with Crippen LogP contribution in [-0.4, -0.2) is 20.3 Å². The van der Waals surface area contributed by atoms with Crippen molar-refractivity contribution in [3.05, 3.63) is 117 Å². The maximum atomic E-state index is 15.0. The summed E-state index contributed by atoms with van der Waals surface area (Å²) in [5.41, 5.74) is 3.29. The van der Waals surface area contributed by atoms with E-state index in [1.807, 2.05) is 13.0 Å². The third kappa shape index (κ3) is 4.80. The number of rotatable bonds is 6. The number of aryl methyl sites for hydroxylation is 2. The van der Waals surface area contributed by atoms with Crippen molar-refractivity contribution in [1.82, 2.24) is 14.5 Å². The van der Waals surface area contributed by atoms with E-state index in [-0.39, 0.29) is 23.3 Å². The second-order valence-electron chi connectivity index (χ2n) is 9.11. The molecule has 0 amide bonds. The van der Waals surface area contributed by atoms with Gasteiger partial charge in [0.1, 0.15) is 11.3 Å². The number of carbonyl (C=O) groups is 1. The predicted molar refractivity (Wildman–Crippen MR) is 141 cm³/mol. The molecule has 0 fully saturated rings. The molecule has 190 valence electrons. The summed E-state index contributed by atoms with van der Waals surface area (Å²) in [5, 5.41) is 0. The number of hydrogen-bond acceptors (Lipinski definition) is 5. The Labute approximate surface area is 217 Å². The molecule has 8 heteroatoms. The summed E-state index contributed by atoms with van der Waals surface area (Å²) >= 11 is 0. The van der Waals surface area contributed by atoms with Crippen LogP contribution in [0, 0.1) is 25.5 Å². The van der Waals surface area contributed by atoms with Gasteiger partial charge in [0.15, 0.2) is 28.5 Å². The topological polar surface area (TPSA) is 74.1 Å². The fourth-order valence-corrected chi connectivity index (χ4v) is 4.31. The highest BCUT2D eigenvalue weighted by Crippen LogP contribution is 2.30. The average molecular weight is 512 g/mol. The third-order valence-electron chi connectivity index (χ3n) is 6.38. The number of ether oxygens (including phenoxy) is 1. The molecule has 0 aliphatic rings. The largest absolute Gasteiger partial charge is 0.452 e. The maximum absolute atomic E-state index is 15.0. The van der Waals surface area contributed by atoms with Crippen LogP contribution in [0.4, 0.5) is 8.78 Å². The Morgan fingerprint density at radius 2 is 1.74 bits per heavy atom. The number of halogens is 2. The predicted octanol–water partition coefficient (Wildman–Crippen LogP) is 6.11. The van der Waals surface area contributed by atoms with Gasteiger partial charge < -0.3 is 9.30 Å². The van der Waals surface area contributed by atoms with Crippen LogP contribution < -0.4 is 10.2 Å². The molecule has 2 aromatic carbocycles. The molecular formula is C30H23F2N3O3. The van der Waals surface area contributed by atoms with Crippen LogP contribution in [0.3, 0.4) is 0 Å². The number of carbonyl (C=O) groups excluding carboxylic acids is 1. The van der Waals surface area contributed by atoms with Gasteiger partial charge in [-0.15, -0.1) is 0 Å². The minimum Gasteiger partial charge on any atom is -0.452 e. The van der Waals surface area contributed by atoms with Crippen molar-refractivity contribution < 1.29 is 18.3 Å². The molecule has 0 spiro atoms. The summed E-state index contributed by atoms with van der Waals surface area (Å²) in [5.74, 6) is -1.19. The lowest BCUT2D eigenvalue weighted by Crippen LogP contribution is -2.23. The van der Waals surface area contributed by atoms with Crippen LogP contribution in [0.5, 0.6) is 11.5 Å². The third-order valence-corrected chi connectivity index (χ3v) is 6.38. The van der Waals surface area contributed by atoms with E-state index in [1.165, 1.54) is 36.4 Å². The number of benzene rings is 2. The molecule has 0 radical (unpaired) electrons. The SMILES string of the molecule is Cc1cnc2c(Oc3ccc(CC(=O)c4c(C)n(C)cc(-c5ccc(F)cc5)c4=O)cc3F)ccnc2c1. The molecule has 0 unspecified atom stereocenters. The van der Waals surface area contributed by atoms with E-state index in [0.29, 0.717) is 33.6 Å². The average Bonchev–Trinajstić information content (AvgIpc) is 2.88. The van der Waals surface area contributed by atoms with E-state index in [1.54, 1.807) is 49.3 Å². The van der Waals surface area contributed by atoms with Gasteiger partial charge in [-0.25, -0.2) is 8.78 Å². The summed E-state index contributed by atoms with van der Waals surface area (Å²) in [7, 11) is 1.73. The Morgan fingerprint density at radius 3 is 2.47 bits per heavy atom. The van der Waals surface area contributed by atoms with Gasteiger partial charge >= 0.3 is 0 Å². The number of hydrogen-bond donors (Lipinski definition) is 0. The van der Waals surface area contributed by atoms with E-state index in [4.69, 9.17) is 4.74 Å². The van der Waals surface area contributed by atoms with Crippen molar-refractivity contribution in [2.24, 2.45) is 7.05 Å². The molecule has 5 aromatic rings. The Hall–Kier alpha value is -4.72. The molecule has 0 saturated carbocycles. The summed E-state index contributed by atoms with van der Waals surface area (Å²) in [6.45, 7) is 3.58. The van der Waals surface area contributed by atoms with E-state index >= 15 is 4.39 Å². The maximum Gasteiger partial charge on any atom is 0.200 e. The summed E-state index contributed by atoms with van der Waals surface area (Å²) in [6, 6.07) is 13.2. The highest BCUT2D eigenvalue weighted by molar-refractivity contribution is 5.99. The molecule has 6 nitrogen and oxygen atoms in total. The van der Waals surface area contributed by atoms with Gasteiger partial charge in [-0.05, 0) is 60.9 Å². The van der Waals surface area contributed by atoms with Gasteiger partial charge in [0.2, 0.25) is 0 Å². The molecule has 0 aliphatic carbocycles. The Bertz CT molecular complexity index is 1760. The second kappa shape index (κ2) is 9.97. The van der Waals surface area contributed by atoms with Crippen molar-refractivity contribution in [1.29, 1.82) is 0 Å². The Kier molecular flexibility index (Phi) is 6.55. The fraction of sp³-hybridized carbons (Fsp3) is 0.133. The minimum absolute atomic E-state index is 0.0136. The normalized spacial score (nSPS) is 11.1. The zero-order valence-electron chi connectivity index (χ0n) is 21.0. The van der Waals surface area contributed by atoms with Crippen LogP contribution in [0.1, 0.15) is 27.2 Å². The van der Waals surface area contributed by atoms with Gasteiger partial charge in [-0.2, -0.15) is 0 Å². The molecule has 38 heavy (non-hydrogen) atoms. The fourth-order valence-electron chi connectivity index (χ4n) is 4.31. The number of pyridine rings is 3. The highest BCUT2D eigenvalue weighted by atomic mass is 19.1. The quantitative estimate of drug-likeness (QED) is 0.257. The number of nitrogens with zero attached hydrogens (tertiary/aromatic N) is 3. The second-order valence-corrected chi connectivity index (χ2v) is 9.11. The lowest BCUT2D eigenvalue weighted by Gasteiger charge is -2.13. The minimum atomic E-state index is -0.655. The molecule has 0 atom stereocenters. The molecule has 0 bridgehead atoms. The van der Waals surface area contributed by atoms with Crippen LogP contribution in [-0.2, 0) is 13.5 Å². The first-order valence-corrected chi connectivity index (χ1v) is 11.9. The van der Waals surface area contributed by atoms with E-state index in [2.05, 4.69) is 9.97 Å². The Morgan fingerprint density at radius 1 is 0.974 bits per heavy atom. The van der Waals surface area contributed by atoms with Gasteiger partial charge in [0.25, 0.3) is 0 Å². The van der Waals surface area contributed by atoms with Crippen molar-refractivity contribution in [3.63, 3.8) is 0 Å². The highest BCUT2D eigenvalue weighted by Gasteiger charge is 2.20. The number of ketones is 1. The van der Waals surface area contributed by atoms with Crippen LogP contribution >= 0.6 is 0 Å². The van der Waals surface area contributed by atoms with Crippen molar-refractivity contribution in [3.8, 4) is 22.6 Å². The van der Waals surface area contributed by atoms with E-state index < -0.39 is 22.8 Å². The van der Waals surface area contributed by atoms with E-state index in [0.717, 1.165) is 5.56 Å². The zero-order chi connectivity index (χ0) is 27.0. The smallest absolute Gasteiger partial charge is 0.200 e. The molecule has 0 saturated heterocycles. The van der Waals surface area contributed by atoms with Gasteiger partial charge in [0.05, 0.1) is 11.1 Å². The van der Waals surface area contributed by atoms with E-state index in [9.17, 15) is 14.0 Å². The van der Waals surface area contributed by atoms with Crippen molar-refractivity contribution >= 4 is 16.8 Å². The summed E-state index contributed by atoms with van der Waals surface area (Å²) < 4.78 is 35.9. The number of Topliss-reactive ketones (excluding diaryl/α,β-unsaturated/α-hetero) is 1. The zero-order valence-corrected chi connectivity index (χ0v) is 21.0. The van der Waals surface area contributed by atoms with Gasteiger partial charge in [-0.1, -0.05) is 18.2 Å².